The van der Waals surface area contributed by atoms with Crippen LogP contribution < -0.4 is 5.32 Å². The number of hydrogen-bond acceptors (Lipinski definition) is 3. The minimum absolute atomic E-state index is 0.137. The summed E-state index contributed by atoms with van der Waals surface area (Å²) in [7, 11) is 0. The van der Waals surface area contributed by atoms with Gasteiger partial charge in [0.05, 0.1) is 24.9 Å². The van der Waals surface area contributed by atoms with E-state index in [4.69, 9.17) is 9.47 Å². The van der Waals surface area contributed by atoms with Crippen molar-refractivity contribution in [3.05, 3.63) is 0 Å². The van der Waals surface area contributed by atoms with Gasteiger partial charge in [-0.25, -0.2) is 0 Å². The van der Waals surface area contributed by atoms with Crippen LogP contribution in [0.3, 0.4) is 0 Å². The number of nitrogens with one attached hydrogen (secondary N) is 1. The molecule has 0 spiro atoms. The fraction of sp³-hybridized carbons (Fsp3) is 1.00. The lowest BCUT2D eigenvalue weighted by molar-refractivity contribution is -0.121. The Labute approximate surface area is 113 Å². The van der Waals surface area contributed by atoms with Gasteiger partial charge in [0, 0.05) is 5.54 Å². The van der Waals surface area contributed by atoms with E-state index in [9.17, 15) is 0 Å². The van der Waals surface area contributed by atoms with Gasteiger partial charge in [-0.3, -0.25) is 0 Å². The van der Waals surface area contributed by atoms with Crippen LogP contribution in [0.15, 0.2) is 0 Å². The third-order valence-electron chi connectivity index (χ3n) is 3.44. The van der Waals surface area contributed by atoms with Crippen LogP contribution in [0.2, 0.25) is 0 Å². The first kappa shape index (κ1) is 15.9. The molecular weight excluding hydrogens is 226 g/mol. The fourth-order valence-corrected chi connectivity index (χ4v) is 2.24. The summed E-state index contributed by atoms with van der Waals surface area (Å²) in [6.07, 6.45) is 5.14. The van der Waals surface area contributed by atoms with Gasteiger partial charge in [0.25, 0.3) is 0 Å². The van der Waals surface area contributed by atoms with E-state index in [2.05, 4.69) is 39.9 Å². The van der Waals surface area contributed by atoms with Gasteiger partial charge < -0.3 is 14.8 Å². The zero-order chi connectivity index (χ0) is 13.6. The average Bonchev–Trinajstić information content (AvgIpc) is 2.17. The van der Waals surface area contributed by atoms with E-state index < -0.39 is 0 Å². The Kier molecular flexibility index (Phi) is 6.09. The Morgan fingerprint density at radius 3 is 2.28 bits per heavy atom. The van der Waals surface area contributed by atoms with Gasteiger partial charge in [-0.15, -0.1) is 0 Å². The Morgan fingerprint density at radius 2 is 1.83 bits per heavy atom. The lowest BCUT2D eigenvalue weighted by Crippen LogP contribution is -2.46. The topological polar surface area (TPSA) is 30.5 Å². The minimum atomic E-state index is 0.137. The molecule has 3 heteroatoms. The first-order chi connectivity index (χ1) is 8.33. The molecule has 0 aromatic carbocycles. The Hall–Kier alpha value is -0.120. The lowest BCUT2D eigenvalue weighted by Gasteiger charge is -2.42. The van der Waals surface area contributed by atoms with Crippen LogP contribution >= 0.6 is 0 Å². The van der Waals surface area contributed by atoms with E-state index in [1.165, 1.54) is 19.3 Å². The third kappa shape index (κ3) is 6.17. The number of rotatable bonds is 8. The molecule has 3 nitrogen and oxygen atoms in total. The van der Waals surface area contributed by atoms with Crippen molar-refractivity contribution in [2.45, 2.75) is 77.5 Å². The highest BCUT2D eigenvalue weighted by Gasteiger charge is 2.37. The molecule has 0 saturated heterocycles. The molecule has 0 heterocycles. The van der Waals surface area contributed by atoms with E-state index >= 15 is 0 Å². The summed E-state index contributed by atoms with van der Waals surface area (Å²) >= 11 is 0. The van der Waals surface area contributed by atoms with Crippen molar-refractivity contribution in [1.82, 2.24) is 5.32 Å². The first-order valence-corrected chi connectivity index (χ1v) is 7.34. The van der Waals surface area contributed by atoms with Crippen molar-refractivity contribution in [2.75, 3.05) is 19.8 Å². The molecule has 0 atom stereocenters. The third-order valence-corrected chi connectivity index (χ3v) is 3.44. The summed E-state index contributed by atoms with van der Waals surface area (Å²) in [5.74, 6) is 0. The van der Waals surface area contributed by atoms with E-state index in [1.54, 1.807) is 0 Å². The molecule has 1 aliphatic carbocycles. The fourth-order valence-electron chi connectivity index (χ4n) is 2.24. The summed E-state index contributed by atoms with van der Waals surface area (Å²) in [5.41, 5.74) is 0.338. The van der Waals surface area contributed by atoms with Crippen LogP contribution in [-0.2, 0) is 9.47 Å². The molecule has 18 heavy (non-hydrogen) atoms. The van der Waals surface area contributed by atoms with Crippen LogP contribution in [-0.4, -0.2) is 37.0 Å². The second-order valence-electron chi connectivity index (χ2n) is 6.73. The van der Waals surface area contributed by atoms with Gasteiger partial charge in [0.2, 0.25) is 0 Å². The molecule has 0 aromatic heterocycles. The molecule has 1 rings (SSSR count). The molecule has 0 aromatic rings. The molecule has 0 amide bonds. The van der Waals surface area contributed by atoms with Crippen LogP contribution in [0, 0.1) is 0 Å². The van der Waals surface area contributed by atoms with E-state index in [0.29, 0.717) is 12.7 Å². The average molecular weight is 257 g/mol. The standard InChI is InChI=1S/C15H31NO2/c1-13(2)17-11-12-18-15(7-6-8-15)9-10-16-14(3,4)5/h13,16H,6-12H2,1-5H3. The second kappa shape index (κ2) is 6.88. The van der Waals surface area contributed by atoms with Crippen molar-refractivity contribution in [1.29, 1.82) is 0 Å². The molecule has 1 N–H and O–H groups in total. The maximum absolute atomic E-state index is 6.07. The Bertz CT molecular complexity index is 229. The van der Waals surface area contributed by atoms with Crippen molar-refractivity contribution >= 4 is 0 Å². The smallest absolute Gasteiger partial charge is 0.0708 e. The molecule has 1 fully saturated rings. The van der Waals surface area contributed by atoms with E-state index in [-0.39, 0.29) is 11.1 Å². The summed E-state index contributed by atoms with van der Waals surface area (Å²) in [6.45, 7) is 13.2. The maximum Gasteiger partial charge on any atom is 0.0708 e. The molecule has 108 valence electrons. The molecule has 1 saturated carbocycles. The summed E-state index contributed by atoms with van der Waals surface area (Å²) in [4.78, 5) is 0. The minimum Gasteiger partial charge on any atom is -0.376 e. The van der Waals surface area contributed by atoms with Crippen molar-refractivity contribution in [2.24, 2.45) is 0 Å². The van der Waals surface area contributed by atoms with Crippen molar-refractivity contribution < 1.29 is 9.47 Å². The van der Waals surface area contributed by atoms with Gasteiger partial charge in [-0.2, -0.15) is 0 Å². The normalized spacial score (nSPS) is 19.0. The SMILES string of the molecule is CC(C)OCCOC1(CCNC(C)(C)C)CCC1. The Balaban J connectivity index is 2.17. The monoisotopic (exact) mass is 257 g/mol. The Morgan fingerprint density at radius 1 is 1.17 bits per heavy atom. The lowest BCUT2D eigenvalue weighted by atomic mass is 9.77. The zero-order valence-electron chi connectivity index (χ0n) is 12.8. The maximum atomic E-state index is 6.07. The summed E-state index contributed by atoms with van der Waals surface area (Å²) in [6, 6.07) is 0. The molecule has 0 bridgehead atoms. The van der Waals surface area contributed by atoms with Crippen molar-refractivity contribution in [3.63, 3.8) is 0 Å². The molecular formula is C15H31NO2. The first-order valence-electron chi connectivity index (χ1n) is 7.34. The highest BCUT2D eigenvalue weighted by Crippen LogP contribution is 2.38. The van der Waals surface area contributed by atoms with E-state index in [1.807, 2.05) is 0 Å². The largest absolute Gasteiger partial charge is 0.376 e. The highest BCUT2D eigenvalue weighted by molar-refractivity contribution is 4.91. The second-order valence-corrected chi connectivity index (χ2v) is 6.73. The van der Waals surface area contributed by atoms with Gasteiger partial charge in [-0.1, -0.05) is 0 Å². The molecule has 0 radical (unpaired) electrons. The predicted molar refractivity (Wildman–Crippen MR) is 76.0 cm³/mol. The van der Waals surface area contributed by atoms with Crippen LogP contribution in [0.1, 0.15) is 60.3 Å². The number of ether oxygens (including phenoxy) is 2. The van der Waals surface area contributed by atoms with Crippen LogP contribution in [0.4, 0.5) is 0 Å². The van der Waals surface area contributed by atoms with Gasteiger partial charge >= 0.3 is 0 Å². The van der Waals surface area contributed by atoms with Crippen LogP contribution in [0.25, 0.3) is 0 Å². The summed E-state index contributed by atoms with van der Waals surface area (Å²) in [5, 5.41) is 3.54. The van der Waals surface area contributed by atoms with E-state index in [0.717, 1.165) is 19.6 Å². The van der Waals surface area contributed by atoms with Crippen molar-refractivity contribution in [3.8, 4) is 0 Å². The number of hydrogen-bond donors (Lipinski definition) is 1. The van der Waals surface area contributed by atoms with Crippen LogP contribution in [0.5, 0.6) is 0 Å². The van der Waals surface area contributed by atoms with Gasteiger partial charge in [0.15, 0.2) is 0 Å². The summed E-state index contributed by atoms with van der Waals surface area (Å²) < 4.78 is 11.6. The molecule has 0 aliphatic heterocycles. The molecule has 1 aliphatic rings. The zero-order valence-corrected chi connectivity index (χ0v) is 12.8. The van der Waals surface area contributed by atoms with Gasteiger partial charge in [0.1, 0.15) is 0 Å². The highest BCUT2D eigenvalue weighted by atomic mass is 16.5. The molecule has 0 unspecified atom stereocenters. The van der Waals surface area contributed by atoms with Gasteiger partial charge in [-0.05, 0) is 66.8 Å². The quantitative estimate of drug-likeness (QED) is 0.678. The predicted octanol–water partition coefficient (Wildman–Crippen LogP) is 3.13.